The molecule has 2 fully saturated rings. The maximum atomic E-state index is 5.43. The van der Waals surface area contributed by atoms with Gasteiger partial charge in [-0.05, 0) is 32.9 Å². The molecule has 2 aromatic rings. The molecule has 0 spiro atoms. The van der Waals surface area contributed by atoms with Gasteiger partial charge in [0, 0.05) is 51.4 Å². The van der Waals surface area contributed by atoms with Crippen molar-refractivity contribution in [1.82, 2.24) is 34.3 Å². The van der Waals surface area contributed by atoms with E-state index in [2.05, 4.69) is 49.8 Å². The summed E-state index contributed by atoms with van der Waals surface area (Å²) in [5.41, 5.74) is 2.48. The van der Waals surface area contributed by atoms with Gasteiger partial charge in [-0.1, -0.05) is 0 Å². The molecular weight excluding hydrogens is 342 g/mol. The monoisotopic (exact) mass is 373 g/mol. The summed E-state index contributed by atoms with van der Waals surface area (Å²) in [7, 11) is 4.11. The average molecular weight is 374 g/mol. The van der Waals surface area contributed by atoms with E-state index in [1.165, 1.54) is 5.56 Å². The van der Waals surface area contributed by atoms with Gasteiger partial charge in [0.1, 0.15) is 11.6 Å². The quantitative estimate of drug-likeness (QED) is 0.781. The molecule has 0 aromatic carbocycles. The van der Waals surface area contributed by atoms with Gasteiger partial charge in [0.2, 0.25) is 0 Å². The van der Waals surface area contributed by atoms with Crippen LogP contribution in [-0.4, -0.2) is 73.7 Å². The number of nitrogens with zero attached hydrogens (tertiary/aromatic N) is 7. The summed E-state index contributed by atoms with van der Waals surface area (Å²) in [6.07, 6.45) is 4.42. The van der Waals surface area contributed by atoms with Gasteiger partial charge in [0.05, 0.1) is 25.5 Å². The second-order valence-corrected chi connectivity index (χ2v) is 7.89. The molecule has 27 heavy (non-hydrogen) atoms. The lowest BCUT2D eigenvalue weighted by atomic mass is 9.95. The zero-order valence-electron chi connectivity index (χ0n) is 16.8. The summed E-state index contributed by atoms with van der Waals surface area (Å²) in [6.45, 7) is 9.76. The summed E-state index contributed by atoms with van der Waals surface area (Å²) >= 11 is 0. The number of piperidine rings is 1. The SMILES string of the molecule is Cc1nn(C)cc1CN1CCC(c2nnc(CN3CCOCC3)n2C)CC1. The third-order valence-electron chi connectivity index (χ3n) is 5.93. The van der Waals surface area contributed by atoms with Gasteiger partial charge in [0.15, 0.2) is 0 Å². The van der Waals surface area contributed by atoms with E-state index in [0.717, 1.165) is 82.7 Å². The zero-order chi connectivity index (χ0) is 18.8. The summed E-state index contributed by atoms with van der Waals surface area (Å²) < 4.78 is 9.57. The standard InChI is InChI=1S/C19H31N7O/c1-15-17(12-23(2)22-15)13-25-6-4-16(5-7-25)19-21-20-18(24(19)3)14-26-8-10-27-11-9-26/h12,16H,4-11,13-14H2,1-3H3. The maximum Gasteiger partial charge on any atom is 0.146 e. The van der Waals surface area contributed by atoms with Crippen molar-refractivity contribution in [3.05, 3.63) is 29.1 Å². The predicted molar refractivity (Wildman–Crippen MR) is 102 cm³/mol. The Balaban J connectivity index is 1.33. The number of hydrogen-bond donors (Lipinski definition) is 0. The van der Waals surface area contributed by atoms with Gasteiger partial charge in [-0.15, -0.1) is 10.2 Å². The van der Waals surface area contributed by atoms with E-state index in [0.29, 0.717) is 5.92 Å². The smallest absolute Gasteiger partial charge is 0.146 e. The van der Waals surface area contributed by atoms with E-state index in [1.807, 2.05) is 11.7 Å². The molecule has 2 aliphatic heterocycles. The molecule has 8 nitrogen and oxygen atoms in total. The van der Waals surface area contributed by atoms with E-state index in [4.69, 9.17) is 4.74 Å². The molecule has 8 heteroatoms. The molecule has 0 unspecified atom stereocenters. The fourth-order valence-corrected chi connectivity index (χ4v) is 4.22. The Morgan fingerprint density at radius 2 is 1.70 bits per heavy atom. The van der Waals surface area contributed by atoms with E-state index >= 15 is 0 Å². The van der Waals surface area contributed by atoms with Crippen LogP contribution in [-0.2, 0) is 31.9 Å². The number of aromatic nitrogens is 5. The second-order valence-electron chi connectivity index (χ2n) is 7.89. The van der Waals surface area contributed by atoms with Gasteiger partial charge in [0.25, 0.3) is 0 Å². The van der Waals surface area contributed by atoms with Gasteiger partial charge in [-0.3, -0.25) is 14.5 Å². The van der Waals surface area contributed by atoms with Crippen molar-refractivity contribution in [2.45, 2.75) is 38.8 Å². The molecule has 4 heterocycles. The molecule has 2 aromatic heterocycles. The molecule has 2 aliphatic rings. The minimum absolute atomic E-state index is 0.507. The molecule has 0 amide bonds. The van der Waals surface area contributed by atoms with Crippen molar-refractivity contribution in [3.63, 3.8) is 0 Å². The number of hydrogen-bond acceptors (Lipinski definition) is 6. The third kappa shape index (κ3) is 4.23. The van der Waals surface area contributed by atoms with Crippen LogP contribution >= 0.6 is 0 Å². The van der Waals surface area contributed by atoms with Crippen LogP contribution in [0, 0.1) is 6.92 Å². The number of aryl methyl sites for hydroxylation is 2. The van der Waals surface area contributed by atoms with Crippen molar-refractivity contribution in [2.75, 3.05) is 39.4 Å². The first-order valence-corrected chi connectivity index (χ1v) is 10.00. The van der Waals surface area contributed by atoms with Crippen LogP contribution in [0.25, 0.3) is 0 Å². The van der Waals surface area contributed by atoms with Crippen LogP contribution < -0.4 is 0 Å². The largest absolute Gasteiger partial charge is 0.379 e. The molecule has 0 radical (unpaired) electrons. The van der Waals surface area contributed by atoms with Gasteiger partial charge in [-0.2, -0.15) is 5.10 Å². The van der Waals surface area contributed by atoms with Crippen LogP contribution in [0.4, 0.5) is 0 Å². The lowest BCUT2D eigenvalue weighted by Crippen LogP contribution is -2.36. The minimum atomic E-state index is 0.507. The van der Waals surface area contributed by atoms with Gasteiger partial charge < -0.3 is 9.30 Å². The summed E-state index contributed by atoms with van der Waals surface area (Å²) in [6, 6.07) is 0. The topological polar surface area (TPSA) is 64.2 Å². The Bertz CT molecular complexity index is 754. The van der Waals surface area contributed by atoms with Crippen LogP contribution in [0.2, 0.25) is 0 Å². The first kappa shape index (κ1) is 18.6. The Morgan fingerprint density at radius 3 is 2.37 bits per heavy atom. The minimum Gasteiger partial charge on any atom is -0.379 e. The van der Waals surface area contributed by atoms with E-state index in [9.17, 15) is 0 Å². The molecular formula is C19H31N7O. The lowest BCUT2D eigenvalue weighted by Gasteiger charge is -2.31. The molecule has 148 valence electrons. The highest BCUT2D eigenvalue weighted by molar-refractivity contribution is 5.15. The van der Waals surface area contributed by atoms with Crippen molar-refractivity contribution in [3.8, 4) is 0 Å². The van der Waals surface area contributed by atoms with Gasteiger partial charge in [-0.25, -0.2) is 0 Å². The molecule has 0 aliphatic carbocycles. The summed E-state index contributed by atoms with van der Waals surface area (Å²) in [5, 5.41) is 13.5. The molecule has 0 saturated carbocycles. The number of ether oxygens (including phenoxy) is 1. The van der Waals surface area contributed by atoms with Crippen molar-refractivity contribution >= 4 is 0 Å². The van der Waals surface area contributed by atoms with E-state index < -0.39 is 0 Å². The van der Waals surface area contributed by atoms with Crippen LogP contribution in [0.5, 0.6) is 0 Å². The highest BCUT2D eigenvalue weighted by Crippen LogP contribution is 2.28. The van der Waals surface area contributed by atoms with E-state index in [1.54, 1.807) is 0 Å². The molecule has 0 atom stereocenters. The fourth-order valence-electron chi connectivity index (χ4n) is 4.22. The Kier molecular flexibility index (Phi) is 5.56. The normalized spacial score (nSPS) is 20.4. The fraction of sp³-hybridized carbons (Fsp3) is 0.737. The first-order valence-electron chi connectivity index (χ1n) is 10.00. The number of rotatable bonds is 5. The number of morpholine rings is 1. The Morgan fingerprint density at radius 1 is 1.00 bits per heavy atom. The van der Waals surface area contributed by atoms with E-state index in [-0.39, 0.29) is 0 Å². The van der Waals surface area contributed by atoms with Crippen LogP contribution in [0.1, 0.15) is 41.7 Å². The van der Waals surface area contributed by atoms with Gasteiger partial charge >= 0.3 is 0 Å². The molecule has 0 bridgehead atoms. The Hall–Kier alpha value is -1.77. The summed E-state index contributed by atoms with van der Waals surface area (Å²) in [5.74, 6) is 2.72. The van der Waals surface area contributed by atoms with Crippen molar-refractivity contribution in [2.24, 2.45) is 14.1 Å². The average Bonchev–Trinajstić information content (AvgIpc) is 3.18. The first-order chi connectivity index (χ1) is 13.1. The molecule has 4 rings (SSSR count). The summed E-state index contributed by atoms with van der Waals surface area (Å²) in [4.78, 5) is 4.93. The maximum absolute atomic E-state index is 5.43. The molecule has 0 N–H and O–H groups in total. The third-order valence-corrected chi connectivity index (χ3v) is 5.93. The molecule has 2 saturated heterocycles. The van der Waals surface area contributed by atoms with Crippen molar-refractivity contribution < 1.29 is 4.74 Å². The Labute approximate surface area is 161 Å². The highest BCUT2D eigenvalue weighted by atomic mass is 16.5. The van der Waals surface area contributed by atoms with Crippen LogP contribution in [0.15, 0.2) is 6.20 Å². The zero-order valence-corrected chi connectivity index (χ0v) is 16.8. The van der Waals surface area contributed by atoms with Crippen molar-refractivity contribution in [1.29, 1.82) is 0 Å². The second kappa shape index (κ2) is 8.08. The highest BCUT2D eigenvalue weighted by Gasteiger charge is 2.26. The number of likely N-dealkylation sites (tertiary alicyclic amines) is 1. The van der Waals surface area contributed by atoms with Crippen LogP contribution in [0.3, 0.4) is 0 Å². The lowest BCUT2D eigenvalue weighted by molar-refractivity contribution is 0.0326. The predicted octanol–water partition coefficient (Wildman–Crippen LogP) is 1.07.